The zero-order valence-electron chi connectivity index (χ0n) is 12.4. The average molecular weight is 321 g/mol. The lowest BCUT2D eigenvalue weighted by atomic mass is 10.0. The number of halogens is 2. The Balaban J connectivity index is 2.28. The van der Waals surface area contributed by atoms with Crippen molar-refractivity contribution in [3.63, 3.8) is 0 Å². The Morgan fingerprint density at radius 3 is 2.00 bits per heavy atom. The smallest absolute Gasteiger partial charge is 0.256 e. The molecule has 0 saturated heterocycles. The van der Waals surface area contributed by atoms with Crippen LogP contribution in [0.25, 0.3) is 11.1 Å². The first-order valence-electron chi connectivity index (χ1n) is 7.13. The second-order valence-electron chi connectivity index (χ2n) is 4.94. The number of benzene rings is 2. The zero-order chi connectivity index (χ0) is 16.8. The molecule has 0 heterocycles. The first kappa shape index (κ1) is 17.1. The van der Waals surface area contributed by atoms with Crippen LogP contribution in [0, 0.1) is 11.6 Å². The van der Waals surface area contributed by atoms with E-state index in [1.54, 1.807) is 6.07 Å². The Morgan fingerprint density at radius 2 is 1.48 bits per heavy atom. The van der Waals surface area contributed by atoms with Crippen LogP contribution >= 0.6 is 0 Å². The third kappa shape index (κ3) is 4.12. The van der Waals surface area contributed by atoms with Crippen LogP contribution in [-0.4, -0.2) is 47.3 Å². The number of aliphatic hydroxyl groups excluding tert-OH is 2. The Labute approximate surface area is 132 Å². The van der Waals surface area contributed by atoms with Gasteiger partial charge in [0.1, 0.15) is 11.6 Å². The quantitative estimate of drug-likeness (QED) is 0.856. The number of amides is 1. The average Bonchev–Trinajstić information content (AvgIpc) is 2.54. The normalized spacial score (nSPS) is 10.6. The predicted octanol–water partition coefficient (Wildman–Crippen LogP) is 2.06. The Kier molecular flexibility index (Phi) is 5.78. The molecule has 0 unspecified atom stereocenters. The molecule has 0 aliphatic carbocycles. The van der Waals surface area contributed by atoms with Gasteiger partial charge in [0.15, 0.2) is 0 Å². The number of carbonyl (C=O) groups excluding carboxylic acids is 1. The van der Waals surface area contributed by atoms with E-state index < -0.39 is 11.7 Å². The van der Waals surface area contributed by atoms with Crippen molar-refractivity contribution in [1.82, 2.24) is 4.90 Å². The van der Waals surface area contributed by atoms with Gasteiger partial charge in [-0.2, -0.15) is 0 Å². The second kappa shape index (κ2) is 7.80. The maximum absolute atomic E-state index is 14.3. The van der Waals surface area contributed by atoms with E-state index in [0.717, 1.165) is 0 Å². The van der Waals surface area contributed by atoms with Crippen molar-refractivity contribution in [2.45, 2.75) is 0 Å². The van der Waals surface area contributed by atoms with Gasteiger partial charge in [-0.1, -0.05) is 18.2 Å². The Bertz CT molecular complexity index is 668. The van der Waals surface area contributed by atoms with Crippen LogP contribution in [0.5, 0.6) is 0 Å². The maximum Gasteiger partial charge on any atom is 0.256 e. The van der Waals surface area contributed by atoms with Gasteiger partial charge in [-0.15, -0.1) is 0 Å². The summed E-state index contributed by atoms with van der Waals surface area (Å²) in [7, 11) is 0. The van der Waals surface area contributed by atoms with Gasteiger partial charge in [0.05, 0.1) is 18.8 Å². The van der Waals surface area contributed by atoms with E-state index in [0.29, 0.717) is 11.1 Å². The van der Waals surface area contributed by atoms with Gasteiger partial charge in [-0.05, 0) is 35.4 Å². The van der Waals surface area contributed by atoms with Crippen LogP contribution in [0.2, 0.25) is 0 Å². The number of nitrogens with zero attached hydrogens (tertiary/aromatic N) is 1. The minimum atomic E-state index is -0.710. The lowest BCUT2D eigenvalue weighted by Gasteiger charge is -2.21. The minimum Gasteiger partial charge on any atom is -0.395 e. The number of carbonyl (C=O) groups is 1. The van der Waals surface area contributed by atoms with Gasteiger partial charge in [-0.25, -0.2) is 8.78 Å². The summed E-state index contributed by atoms with van der Waals surface area (Å²) in [6.45, 7) is -0.529. The summed E-state index contributed by atoms with van der Waals surface area (Å²) >= 11 is 0. The van der Waals surface area contributed by atoms with E-state index in [1.165, 1.54) is 41.3 Å². The highest BCUT2D eigenvalue weighted by atomic mass is 19.1. The van der Waals surface area contributed by atoms with Gasteiger partial charge < -0.3 is 15.1 Å². The third-order valence-electron chi connectivity index (χ3n) is 3.40. The topological polar surface area (TPSA) is 60.8 Å². The summed E-state index contributed by atoms with van der Waals surface area (Å²) < 4.78 is 27.2. The number of hydrogen-bond donors (Lipinski definition) is 2. The molecule has 6 heteroatoms. The molecule has 2 N–H and O–H groups in total. The fraction of sp³-hybridized carbons (Fsp3) is 0.235. The van der Waals surface area contributed by atoms with Crippen LogP contribution in [0.4, 0.5) is 8.78 Å². The molecule has 0 saturated carbocycles. The van der Waals surface area contributed by atoms with E-state index in [1.807, 2.05) is 0 Å². The number of rotatable bonds is 6. The second-order valence-corrected chi connectivity index (χ2v) is 4.94. The fourth-order valence-electron chi connectivity index (χ4n) is 2.24. The largest absolute Gasteiger partial charge is 0.395 e. The highest BCUT2D eigenvalue weighted by Crippen LogP contribution is 2.23. The predicted molar refractivity (Wildman–Crippen MR) is 81.9 cm³/mol. The minimum absolute atomic E-state index is 0.0124. The molecule has 1 amide bonds. The Hall–Kier alpha value is -2.31. The van der Waals surface area contributed by atoms with E-state index in [4.69, 9.17) is 10.2 Å². The first-order valence-corrected chi connectivity index (χ1v) is 7.13. The molecule has 2 aromatic rings. The lowest BCUT2D eigenvalue weighted by Crippen LogP contribution is -2.36. The molecule has 0 spiro atoms. The highest BCUT2D eigenvalue weighted by Gasteiger charge is 2.19. The molecular formula is C17H17F2NO3. The molecule has 2 aromatic carbocycles. The molecule has 23 heavy (non-hydrogen) atoms. The molecular weight excluding hydrogens is 304 g/mol. The summed E-state index contributed by atoms with van der Waals surface area (Å²) in [4.78, 5) is 13.4. The van der Waals surface area contributed by atoms with Gasteiger partial charge >= 0.3 is 0 Å². The van der Waals surface area contributed by atoms with E-state index in [2.05, 4.69) is 0 Å². The highest BCUT2D eigenvalue weighted by molar-refractivity contribution is 5.95. The van der Waals surface area contributed by atoms with Crippen molar-refractivity contribution in [1.29, 1.82) is 0 Å². The number of hydrogen-bond acceptors (Lipinski definition) is 3. The molecule has 0 aliphatic heterocycles. The van der Waals surface area contributed by atoms with Crippen LogP contribution in [-0.2, 0) is 0 Å². The van der Waals surface area contributed by atoms with Crippen molar-refractivity contribution in [3.05, 3.63) is 59.7 Å². The van der Waals surface area contributed by atoms with Crippen molar-refractivity contribution < 1.29 is 23.8 Å². The summed E-state index contributed by atoms with van der Waals surface area (Å²) in [5.74, 6) is -1.70. The molecule has 0 atom stereocenters. The van der Waals surface area contributed by atoms with Crippen LogP contribution in [0.3, 0.4) is 0 Å². The first-order chi connectivity index (χ1) is 11.1. The van der Waals surface area contributed by atoms with Gasteiger partial charge in [0.2, 0.25) is 0 Å². The van der Waals surface area contributed by atoms with Gasteiger partial charge in [-0.3, -0.25) is 4.79 Å². The molecule has 0 fully saturated rings. The van der Waals surface area contributed by atoms with Crippen molar-refractivity contribution >= 4 is 5.91 Å². The van der Waals surface area contributed by atoms with Crippen LogP contribution in [0.15, 0.2) is 42.5 Å². The molecule has 2 rings (SSSR count). The molecule has 0 radical (unpaired) electrons. The molecule has 4 nitrogen and oxygen atoms in total. The van der Waals surface area contributed by atoms with Crippen LogP contribution < -0.4 is 0 Å². The van der Waals surface area contributed by atoms with Crippen molar-refractivity contribution in [2.24, 2.45) is 0 Å². The fourth-order valence-corrected chi connectivity index (χ4v) is 2.24. The maximum atomic E-state index is 14.3. The monoisotopic (exact) mass is 321 g/mol. The van der Waals surface area contributed by atoms with E-state index in [9.17, 15) is 13.6 Å². The number of aliphatic hydroxyl groups is 2. The summed E-state index contributed by atoms with van der Waals surface area (Å²) in [6.07, 6.45) is 0. The van der Waals surface area contributed by atoms with E-state index >= 15 is 0 Å². The summed E-state index contributed by atoms with van der Waals surface area (Å²) in [5.41, 5.74) is 1.01. The molecule has 122 valence electrons. The van der Waals surface area contributed by atoms with Gasteiger partial charge in [0, 0.05) is 13.1 Å². The summed E-state index contributed by atoms with van der Waals surface area (Å²) in [5, 5.41) is 17.9. The van der Waals surface area contributed by atoms with Crippen molar-refractivity contribution in [3.8, 4) is 11.1 Å². The zero-order valence-corrected chi connectivity index (χ0v) is 12.4. The molecule has 0 bridgehead atoms. The Morgan fingerprint density at radius 1 is 0.913 bits per heavy atom. The molecule has 0 aromatic heterocycles. The van der Waals surface area contributed by atoms with Crippen LogP contribution in [0.1, 0.15) is 10.4 Å². The van der Waals surface area contributed by atoms with Gasteiger partial charge in [0.25, 0.3) is 5.91 Å². The summed E-state index contributed by atoms with van der Waals surface area (Å²) in [6, 6.07) is 9.71. The van der Waals surface area contributed by atoms with E-state index in [-0.39, 0.29) is 37.7 Å². The third-order valence-corrected chi connectivity index (χ3v) is 3.40. The lowest BCUT2D eigenvalue weighted by molar-refractivity contribution is 0.0680. The standard InChI is InChI=1S/C17H17F2NO3/c18-14-4-1-12(2-5-14)13-3-6-15(16(19)11-13)17(23)20(7-9-21)8-10-22/h1-6,11,21-22H,7-10H2. The molecule has 0 aliphatic rings. The van der Waals surface area contributed by atoms with Crippen molar-refractivity contribution in [2.75, 3.05) is 26.3 Å². The SMILES string of the molecule is O=C(c1ccc(-c2ccc(F)cc2)cc1F)N(CCO)CCO.